The van der Waals surface area contributed by atoms with Gasteiger partial charge in [0, 0.05) is 13.6 Å². The van der Waals surface area contributed by atoms with Gasteiger partial charge in [-0.25, -0.2) is 4.98 Å². The molecule has 1 unspecified atom stereocenters. The largest absolute Gasteiger partial charge is 0.433 e. The van der Waals surface area contributed by atoms with Gasteiger partial charge in [0.25, 0.3) is 0 Å². The van der Waals surface area contributed by atoms with Crippen LogP contribution in [0.5, 0.6) is 0 Å². The zero-order valence-corrected chi connectivity index (χ0v) is 9.49. The lowest BCUT2D eigenvalue weighted by molar-refractivity contribution is -0.141. The fourth-order valence-corrected chi connectivity index (χ4v) is 1.44. The van der Waals surface area contributed by atoms with Gasteiger partial charge in [-0.1, -0.05) is 0 Å². The maximum absolute atomic E-state index is 12.5. The lowest BCUT2D eigenvalue weighted by atomic mass is 10.2. The van der Waals surface area contributed by atoms with Crippen molar-refractivity contribution in [3.8, 4) is 0 Å². The van der Waals surface area contributed by atoms with E-state index in [1.54, 1.807) is 14.0 Å². The number of nitrogens with two attached hydrogens (primary N) is 1. The quantitative estimate of drug-likeness (QED) is 0.852. The van der Waals surface area contributed by atoms with E-state index in [9.17, 15) is 18.3 Å². The molecule has 7 heteroatoms. The Morgan fingerprint density at radius 2 is 2.12 bits per heavy atom. The first-order valence-corrected chi connectivity index (χ1v) is 4.93. The molecule has 0 radical (unpaired) electrons. The Morgan fingerprint density at radius 3 is 2.59 bits per heavy atom. The third-order valence-corrected chi connectivity index (χ3v) is 2.15. The number of alkyl halides is 3. The van der Waals surface area contributed by atoms with Crippen molar-refractivity contribution in [2.45, 2.75) is 19.2 Å². The number of nitrogens with zero attached hydrogens (tertiary/aromatic N) is 2. The van der Waals surface area contributed by atoms with Gasteiger partial charge in [0.15, 0.2) is 0 Å². The first kappa shape index (κ1) is 13.6. The van der Waals surface area contributed by atoms with Gasteiger partial charge in [0.2, 0.25) is 0 Å². The van der Waals surface area contributed by atoms with Crippen LogP contribution in [0.15, 0.2) is 12.3 Å². The Labute approximate surface area is 96.9 Å². The minimum absolute atomic E-state index is 0.140. The van der Waals surface area contributed by atoms with Gasteiger partial charge >= 0.3 is 6.18 Å². The van der Waals surface area contributed by atoms with E-state index in [0.717, 1.165) is 12.3 Å². The van der Waals surface area contributed by atoms with Gasteiger partial charge < -0.3 is 15.7 Å². The van der Waals surface area contributed by atoms with Gasteiger partial charge in [-0.2, -0.15) is 13.2 Å². The van der Waals surface area contributed by atoms with E-state index in [4.69, 9.17) is 5.73 Å². The lowest BCUT2D eigenvalue weighted by Crippen LogP contribution is -2.28. The molecule has 3 N–H and O–H groups in total. The third kappa shape index (κ3) is 3.48. The molecule has 1 aromatic heterocycles. The molecule has 0 aliphatic heterocycles. The number of aliphatic hydroxyl groups is 1. The van der Waals surface area contributed by atoms with Gasteiger partial charge in [0.05, 0.1) is 23.7 Å². The summed E-state index contributed by atoms with van der Waals surface area (Å²) >= 11 is 0. The summed E-state index contributed by atoms with van der Waals surface area (Å²) in [6, 6.07) is 0.873. The number of nitrogen functional groups attached to an aromatic ring is 1. The van der Waals surface area contributed by atoms with Crippen molar-refractivity contribution in [1.82, 2.24) is 4.98 Å². The van der Waals surface area contributed by atoms with Crippen LogP contribution >= 0.6 is 0 Å². The zero-order valence-electron chi connectivity index (χ0n) is 9.49. The number of aliphatic hydroxyl groups excluding tert-OH is 1. The van der Waals surface area contributed by atoms with Crippen molar-refractivity contribution in [3.05, 3.63) is 18.0 Å². The van der Waals surface area contributed by atoms with Crippen LogP contribution < -0.4 is 10.6 Å². The molecule has 1 rings (SSSR count). The van der Waals surface area contributed by atoms with E-state index < -0.39 is 18.0 Å². The van der Waals surface area contributed by atoms with Crippen LogP contribution in [0.25, 0.3) is 0 Å². The molecule has 1 aromatic rings. The van der Waals surface area contributed by atoms with Crippen LogP contribution in [-0.2, 0) is 6.18 Å². The predicted molar refractivity (Wildman–Crippen MR) is 58.6 cm³/mol. The molecule has 0 spiro atoms. The topological polar surface area (TPSA) is 62.4 Å². The molecule has 0 saturated heterocycles. The second-order valence-corrected chi connectivity index (χ2v) is 3.86. The normalized spacial score (nSPS) is 13.5. The van der Waals surface area contributed by atoms with Crippen LogP contribution in [0.2, 0.25) is 0 Å². The Bertz CT molecular complexity index is 393. The highest BCUT2D eigenvalue weighted by atomic mass is 19.4. The summed E-state index contributed by atoms with van der Waals surface area (Å²) in [4.78, 5) is 4.69. The molecule has 4 nitrogen and oxygen atoms in total. The van der Waals surface area contributed by atoms with E-state index in [0.29, 0.717) is 0 Å². The Morgan fingerprint density at radius 1 is 1.53 bits per heavy atom. The van der Waals surface area contributed by atoms with Crippen molar-refractivity contribution in [2.24, 2.45) is 0 Å². The summed E-state index contributed by atoms with van der Waals surface area (Å²) < 4.78 is 37.4. The molecule has 0 aromatic carbocycles. The number of anilines is 2. The number of aromatic nitrogens is 1. The Kier molecular flexibility index (Phi) is 3.82. The summed E-state index contributed by atoms with van der Waals surface area (Å²) in [5.41, 5.74) is 4.90. The molecular weight excluding hydrogens is 235 g/mol. The van der Waals surface area contributed by atoms with Crippen molar-refractivity contribution in [3.63, 3.8) is 0 Å². The molecule has 0 bridgehead atoms. The molecular formula is C10H14F3N3O. The molecule has 0 amide bonds. The molecule has 0 fully saturated rings. The summed E-state index contributed by atoms with van der Waals surface area (Å²) in [6.45, 7) is 1.73. The van der Waals surface area contributed by atoms with Gasteiger partial charge in [-0.15, -0.1) is 0 Å². The maximum atomic E-state index is 12.5. The molecule has 0 aliphatic rings. The standard InChI is InChI=1S/C10H14F3N3O/c1-6(17)5-16(2)8-3-9(10(11,12)13)15-4-7(8)14/h3-4,6,17H,5,14H2,1-2H3. The highest BCUT2D eigenvalue weighted by Crippen LogP contribution is 2.32. The number of halogens is 3. The summed E-state index contributed by atoms with van der Waals surface area (Å²) in [7, 11) is 1.55. The van der Waals surface area contributed by atoms with Gasteiger partial charge in [-0.05, 0) is 13.0 Å². The predicted octanol–water partition coefficient (Wildman–Crippen LogP) is 1.50. The fraction of sp³-hybridized carbons (Fsp3) is 0.500. The van der Waals surface area contributed by atoms with E-state index in [2.05, 4.69) is 4.98 Å². The van der Waals surface area contributed by atoms with Crippen LogP contribution in [0.4, 0.5) is 24.5 Å². The molecule has 0 aliphatic carbocycles. The van der Waals surface area contributed by atoms with E-state index in [-0.39, 0.29) is 17.9 Å². The monoisotopic (exact) mass is 249 g/mol. The van der Waals surface area contributed by atoms with Crippen molar-refractivity contribution < 1.29 is 18.3 Å². The number of likely N-dealkylation sites (N-methyl/N-ethyl adjacent to an activating group) is 1. The van der Waals surface area contributed by atoms with E-state index in [1.165, 1.54) is 4.90 Å². The third-order valence-electron chi connectivity index (χ3n) is 2.15. The number of hydrogen-bond donors (Lipinski definition) is 2. The highest BCUT2D eigenvalue weighted by Gasteiger charge is 2.33. The van der Waals surface area contributed by atoms with Crippen LogP contribution in [0.1, 0.15) is 12.6 Å². The first-order chi connectivity index (χ1) is 7.71. The van der Waals surface area contributed by atoms with E-state index >= 15 is 0 Å². The van der Waals surface area contributed by atoms with Crippen molar-refractivity contribution >= 4 is 11.4 Å². The second-order valence-electron chi connectivity index (χ2n) is 3.86. The number of hydrogen-bond acceptors (Lipinski definition) is 4. The van der Waals surface area contributed by atoms with Crippen molar-refractivity contribution in [1.29, 1.82) is 0 Å². The molecule has 17 heavy (non-hydrogen) atoms. The van der Waals surface area contributed by atoms with Crippen LogP contribution in [-0.4, -0.2) is 29.8 Å². The first-order valence-electron chi connectivity index (χ1n) is 4.93. The van der Waals surface area contributed by atoms with E-state index in [1.807, 2.05) is 0 Å². The maximum Gasteiger partial charge on any atom is 0.433 e. The minimum Gasteiger partial charge on any atom is -0.396 e. The fourth-order valence-electron chi connectivity index (χ4n) is 1.44. The van der Waals surface area contributed by atoms with Crippen LogP contribution in [0, 0.1) is 0 Å². The zero-order chi connectivity index (χ0) is 13.2. The Hall–Kier alpha value is -1.50. The summed E-state index contributed by atoms with van der Waals surface area (Å²) in [5, 5.41) is 9.18. The highest BCUT2D eigenvalue weighted by molar-refractivity contribution is 5.66. The lowest BCUT2D eigenvalue weighted by Gasteiger charge is -2.23. The summed E-state index contributed by atoms with van der Waals surface area (Å²) in [6.07, 6.45) is -4.20. The second kappa shape index (κ2) is 4.79. The average Bonchev–Trinajstić information content (AvgIpc) is 2.15. The average molecular weight is 249 g/mol. The molecule has 1 heterocycles. The van der Waals surface area contributed by atoms with Gasteiger partial charge in [-0.3, -0.25) is 0 Å². The van der Waals surface area contributed by atoms with Gasteiger partial charge in [0.1, 0.15) is 5.69 Å². The van der Waals surface area contributed by atoms with Crippen LogP contribution in [0.3, 0.4) is 0 Å². The smallest absolute Gasteiger partial charge is 0.396 e. The molecule has 1 atom stereocenters. The Balaban J connectivity index is 3.06. The summed E-state index contributed by atoms with van der Waals surface area (Å²) in [5.74, 6) is 0. The molecule has 96 valence electrons. The number of pyridine rings is 1. The minimum atomic E-state index is -4.51. The molecule has 0 saturated carbocycles. The number of rotatable bonds is 3. The SMILES string of the molecule is CC(O)CN(C)c1cc(C(F)(F)F)ncc1N. The van der Waals surface area contributed by atoms with Crippen molar-refractivity contribution in [2.75, 3.05) is 24.2 Å².